The molecule has 2 aliphatic rings. The normalized spacial score (nSPS) is 18.7. The number of nitrogens with zero attached hydrogens (tertiary/aromatic N) is 3. The number of para-hydroxylation sites is 2. The maximum Gasteiger partial charge on any atom is 0.261 e. The van der Waals surface area contributed by atoms with Gasteiger partial charge in [-0.3, -0.25) is 14.4 Å². The average Bonchev–Trinajstić information content (AvgIpc) is 3.49. The van der Waals surface area contributed by atoms with Gasteiger partial charge in [0.25, 0.3) is 5.91 Å². The number of nitrogens with one attached hydrogen (secondary N) is 1. The monoisotopic (exact) mass is 634 g/mol. The number of anilines is 1. The highest BCUT2D eigenvalue weighted by Gasteiger charge is 2.41. The van der Waals surface area contributed by atoms with E-state index in [9.17, 15) is 19.5 Å². The molecule has 244 valence electrons. The number of aliphatic hydroxyl groups excluding tert-OH is 1. The second kappa shape index (κ2) is 14.3. The van der Waals surface area contributed by atoms with Crippen LogP contribution in [0.2, 0.25) is 0 Å². The number of hydrogen-bond acceptors (Lipinski definition) is 6. The number of β-amino-alcohol motifs (C(OH)–C–C–N with tert-alkyl or cyclic N) is 1. The number of ether oxygens (including phenoxy) is 1. The lowest BCUT2D eigenvalue weighted by Gasteiger charge is -2.38. The predicted octanol–water partition coefficient (Wildman–Crippen LogP) is 3.87. The molecule has 3 atom stereocenters. The van der Waals surface area contributed by atoms with Gasteiger partial charge in [-0.25, -0.2) is 0 Å². The van der Waals surface area contributed by atoms with Gasteiger partial charge in [-0.05, 0) is 53.4 Å². The van der Waals surface area contributed by atoms with Crippen molar-refractivity contribution in [3.63, 3.8) is 0 Å². The molecule has 4 aromatic rings. The molecule has 4 aromatic carbocycles. The quantitative estimate of drug-likeness (QED) is 0.290. The molecule has 0 spiro atoms. The van der Waals surface area contributed by atoms with Gasteiger partial charge in [0.1, 0.15) is 17.8 Å². The highest BCUT2D eigenvalue weighted by Crippen LogP contribution is 2.24. The molecule has 2 fully saturated rings. The second-order valence-electron chi connectivity index (χ2n) is 12.6. The Hall–Kier alpha value is -4.89. The first-order valence-electron chi connectivity index (χ1n) is 16.3. The summed E-state index contributed by atoms with van der Waals surface area (Å²) in [4.78, 5) is 46.8. The van der Waals surface area contributed by atoms with Crippen molar-refractivity contribution < 1.29 is 24.2 Å². The average molecular weight is 635 g/mol. The fraction of sp³-hybridized carbons (Fsp3) is 0.342. The summed E-state index contributed by atoms with van der Waals surface area (Å²) in [5, 5.41) is 15.7. The Balaban J connectivity index is 1.18. The van der Waals surface area contributed by atoms with E-state index < -0.39 is 30.0 Å². The van der Waals surface area contributed by atoms with Gasteiger partial charge in [0, 0.05) is 51.3 Å². The van der Waals surface area contributed by atoms with Crippen LogP contribution in [0.4, 0.5) is 5.69 Å². The second-order valence-corrected chi connectivity index (χ2v) is 12.6. The third-order valence-corrected chi connectivity index (χ3v) is 9.26. The van der Waals surface area contributed by atoms with Crippen molar-refractivity contribution in [2.45, 2.75) is 44.9 Å². The van der Waals surface area contributed by atoms with Crippen molar-refractivity contribution in [2.24, 2.45) is 0 Å². The number of aryl methyl sites for hydroxylation is 2. The molecular formula is C38H42N4O5. The highest BCUT2D eigenvalue weighted by atomic mass is 16.5. The third kappa shape index (κ3) is 7.41. The van der Waals surface area contributed by atoms with Crippen LogP contribution in [0.25, 0.3) is 10.8 Å². The Morgan fingerprint density at radius 1 is 0.851 bits per heavy atom. The molecular weight excluding hydrogens is 592 g/mol. The Labute approximate surface area is 275 Å². The van der Waals surface area contributed by atoms with Gasteiger partial charge in [-0.1, -0.05) is 78.9 Å². The fourth-order valence-electron chi connectivity index (χ4n) is 6.65. The third-order valence-electron chi connectivity index (χ3n) is 9.26. The minimum absolute atomic E-state index is 0.0260. The number of fused-ring (bicyclic) bond motifs is 1. The Morgan fingerprint density at radius 2 is 1.53 bits per heavy atom. The molecule has 9 nitrogen and oxygen atoms in total. The fourth-order valence-corrected chi connectivity index (χ4v) is 6.65. The molecule has 2 aliphatic heterocycles. The van der Waals surface area contributed by atoms with Crippen LogP contribution in [0.15, 0.2) is 91.0 Å². The lowest BCUT2D eigenvalue weighted by Crippen LogP contribution is -2.58. The van der Waals surface area contributed by atoms with Gasteiger partial charge >= 0.3 is 0 Å². The van der Waals surface area contributed by atoms with E-state index in [4.69, 9.17) is 4.74 Å². The van der Waals surface area contributed by atoms with E-state index in [1.807, 2.05) is 78.6 Å². The topological polar surface area (TPSA) is 102 Å². The first-order valence-corrected chi connectivity index (χ1v) is 16.3. The van der Waals surface area contributed by atoms with Crippen molar-refractivity contribution >= 4 is 34.2 Å². The van der Waals surface area contributed by atoms with Crippen LogP contribution in [-0.4, -0.2) is 90.1 Å². The lowest BCUT2D eigenvalue weighted by atomic mass is 10.00. The van der Waals surface area contributed by atoms with Crippen LogP contribution in [0.3, 0.4) is 0 Å². The summed E-state index contributed by atoms with van der Waals surface area (Å²) in [6.07, 6.45) is -0.460. The number of likely N-dealkylation sites (tertiary alicyclic amines) is 1. The number of benzene rings is 4. The summed E-state index contributed by atoms with van der Waals surface area (Å²) < 4.78 is 5.77. The number of amides is 3. The van der Waals surface area contributed by atoms with Crippen LogP contribution in [0.5, 0.6) is 5.75 Å². The van der Waals surface area contributed by atoms with Crippen LogP contribution in [-0.2, 0) is 20.8 Å². The first kappa shape index (κ1) is 32.1. The van der Waals surface area contributed by atoms with Gasteiger partial charge in [0.15, 0.2) is 6.61 Å². The molecule has 0 aromatic heterocycles. The molecule has 0 radical (unpaired) electrons. The first-order chi connectivity index (χ1) is 22.8. The summed E-state index contributed by atoms with van der Waals surface area (Å²) >= 11 is 0. The molecule has 2 heterocycles. The van der Waals surface area contributed by atoms with E-state index in [1.165, 1.54) is 10.5 Å². The number of carbonyl (C=O) groups excluding carboxylic acids is 3. The Kier molecular flexibility index (Phi) is 9.73. The molecule has 2 N–H and O–H groups in total. The summed E-state index contributed by atoms with van der Waals surface area (Å²) in [6, 6.07) is 28.0. The standard InChI is InChI=1S/C38H42N4O5/c1-26-9-3-7-13-33(26)40-17-19-41(20-18-40)38(46)32(22-28-15-16-29-11-5-6-12-30(29)21-28)39-37(45)34-23-31(43)24-42(34)36(44)25-47-35-14-8-4-10-27(35)2/h3-16,21,31-32,34,43H,17-20,22-25H2,1-2H3,(H,39,45)/t31-,32?,34?/m1/s1. The van der Waals surface area contributed by atoms with Gasteiger partial charge in [-0.15, -0.1) is 0 Å². The van der Waals surface area contributed by atoms with Crippen molar-refractivity contribution in [1.29, 1.82) is 0 Å². The summed E-state index contributed by atoms with van der Waals surface area (Å²) in [7, 11) is 0. The maximum absolute atomic E-state index is 14.1. The predicted molar refractivity (Wildman–Crippen MR) is 182 cm³/mol. The van der Waals surface area contributed by atoms with E-state index in [2.05, 4.69) is 35.3 Å². The van der Waals surface area contributed by atoms with Crippen LogP contribution >= 0.6 is 0 Å². The van der Waals surface area contributed by atoms with Gasteiger partial charge in [0.05, 0.1) is 6.10 Å². The van der Waals surface area contributed by atoms with E-state index in [-0.39, 0.29) is 25.5 Å². The van der Waals surface area contributed by atoms with Crippen LogP contribution in [0, 0.1) is 13.8 Å². The van der Waals surface area contributed by atoms with Crippen LogP contribution in [0.1, 0.15) is 23.1 Å². The Morgan fingerprint density at radius 3 is 2.28 bits per heavy atom. The molecule has 2 unspecified atom stereocenters. The van der Waals surface area contributed by atoms with E-state index in [0.29, 0.717) is 38.3 Å². The number of aliphatic hydroxyl groups is 1. The van der Waals surface area contributed by atoms with Crippen molar-refractivity contribution in [1.82, 2.24) is 15.1 Å². The van der Waals surface area contributed by atoms with E-state index in [1.54, 1.807) is 6.07 Å². The SMILES string of the molecule is Cc1ccccc1OCC(=O)N1C[C@H](O)CC1C(=O)NC(Cc1ccc2ccccc2c1)C(=O)N1CCN(c2ccccc2C)CC1. The van der Waals surface area contributed by atoms with Crippen molar-refractivity contribution in [2.75, 3.05) is 44.2 Å². The molecule has 9 heteroatoms. The number of hydrogen-bond donors (Lipinski definition) is 2. The zero-order chi connectivity index (χ0) is 32.9. The molecule has 3 amide bonds. The lowest BCUT2D eigenvalue weighted by molar-refractivity contribution is -0.142. The summed E-state index contributed by atoms with van der Waals surface area (Å²) in [6.45, 7) is 6.18. The van der Waals surface area contributed by atoms with Crippen molar-refractivity contribution in [3.05, 3.63) is 108 Å². The largest absolute Gasteiger partial charge is 0.484 e. The minimum atomic E-state index is -0.914. The molecule has 2 saturated heterocycles. The zero-order valence-corrected chi connectivity index (χ0v) is 27.0. The molecule has 0 aliphatic carbocycles. The maximum atomic E-state index is 14.1. The smallest absolute Gasteiger partial charge is 0.261 e. The zero-order valence-electron chi connectivity index (χ0n) is 27.0. The van der Waals surface area contributed by atoms with Crippen molar-refractivity contribution in [3.8, 4) is 5.75 Å². The van der Waals surface area contributed by atoms with Gasteiger partial charge < -0.3 is 29.9 Å². The minimum Gasteiger partial charge on any atom is -0.484 e. The molecule has 6 rings (SSSR count). The van der Waals surface area contributed by atoms with Gasteiger partial charge in [-0.2, -0.15) is 0 Å². The molecule has 0 bridgehead atoms. The number of piperazine rings is 1. The number of rotatable bonds is 9. The Bertz CT molecular complexity index is 1750. The number of carbonyl (C=O) groups is 3. The molecule has 0 saturated carbocycles. The summed E-state index contributed by atoms with van der Waals surface area (Å²) in [5.41, 5.74) is 4.17. The summed E-state index contributed by atoms with van der Waals surface area (Å²) in [5.74, 6) is -0.418. The van der Waals surface area contributed by atoms with Crippen LogP contribution < -0.4 is 15.0 Å². The van der Waals surface area contributed by atoms with E-state index >= 15 is 0 Å². The highest BCUT2D eigenvalue weighted by molar-refractivity contribution is 5.93. The van der Waals surface area contributed by atoms with E-state index in [0.717, 1.165) is 27.6 Å². The van der Waals surface area contributed by atoms with Gasteiger partial charge in [0.2, 0.25) is 11.8 Å². The molecule has 47 heavy (non-hydrogen) atoms.